The average molecular weight is 657 g/mol. The number of hydrogen-bond donors (Lipinski definition) is 0. The number of benzene rings is 5. The van der Waals surface area contributed by atoms with Crippen molar-refractivity contribution in [3.05, 3.63) is 146 Å². The van der Waals surface area contributed by atoms with Gasteiger partial charge in [-0.05, 0) is 62.4 Å². The molecule has 2 heterocycles. The van der Waals surface area contributed by atoms with Crippen molar-refractivity contribution in [2.75, 3.05) is 4.90 Å². The molecule has 8 rings (SSSR count). The van der Waals surface area contributed by atoms with Crippen LogP contribution in [0.4, 0.5) is 30.8 Å². The van der Waals surface area contributed by atoms with Crippen molar-refractivity contribution in [3.63, 3.8) is 0 Å². The number of aromatic nitrogens is 2. The van der Waals surface area contributed by atoms with Crippen molar-refractivity contribution in [2.24, 2.45) is 4.99 Å². The third kappa shape index (κ3) is 4.76. The molecule has 0 amide bonds. The van der Waals surface area contributed by atoms with Gasteiger partial charge in [-0.3, -0.25) is 9.59 Å². The largest absolute Gasteiger partial charge is 0.301 e. The molecule has 0 aliphatic heterocycles. The molecule has 0 aliphatic rings. The fraction of sp³-hybridized carbons (Fsp3) is 0.0541. The van der Waals surface area contributed by atoms with E-state index in [-0.39, 0.29) is 16.5 Å². The van der Waals surface area contributed by atoms with Gasteiger partial charge < -0.3 is 4.90 Å². The predicted molar refractivity (Wildman–Crippen MR) is 186 cm³/mol. The highest BCUT2D eigenvalue weighted by atomic mass is 32.1. The van der Waals surface area contributed by atoms with Crippen molar-refractivity contribution in [2.45, 2.75) is 13.8 Å². The van der Waals surface area contributed by atoms with E-state index in [1.165, 1.54) is 11.1 Å². The Balaban J connectivity index is 1.33. The molecule has 0 spiro atoms. The zero-order valence-corrected chi connectivity index (χ0v) is 26.5. The van der Waals surface area contributed by atoms with E-state index in [0.29, 0.717) is 11.0 Å². The molecular formula is C37H22F2N4O2S2. The summed E-state index contributed by atoms with van der Waals surface area (Å²) in [6.45, 7) is 4.13. The first-order valence-electron chi connectivity index (χ1n) is 14.7. The molecule has 0 saturated heterocycles. The lowest BCUT2D eigenvalue weighted by Crippen LogP contribution is -2.31. The first kappa shape index (κ1) is 29.0. The van der Waals surface area contributed by atoms with Gasteiger partial charge in [-0.25, -0.2) is 13.8 Å². The summed E-state index contributed by atoms with van der Waals surface area (Å²) in [5.41, 5.74) is 4.95. The molecule has 10 heteroatoms. The molecule has 0 aliphatic carbocycles. The van der Waals surface area contributed by atoms with Crippen LogP contribution in [0.3, 0.4) is 0 Å². The maximum atomic E-state index is 13.9. The lowest BCUT2D eigenvalue weighted by Gasteiger charge is -2.24. The summed E-state index contributed by atoms with van der Waals surface area (Å²) >= 11 is 2.63. The zero-order chi connectivity index (χ0) is 32.4. The number of anilines is 3. The van der Waals surface area contributed by atoms with Crippen LogP contribution in [-0.2, 0) is 0 Å². The molecule has 0 radical (unpaired) electrons. The van der Waals surface area contributed by atoms with Crippen LogP contribution < -0.4 is 21.1 Å². The Morgan fingerprint density at radius 1 is 0.660 bits per heavy atom. The van der Waals surface area contributed by atoms with E-state index in [1.54, 1.807) is 17.4 Å². The van der Waals surface area contributed by atoms with Crippen molar-refractivity contribution >= 4 is 77.7 Å². The third-order valence-electron chi connectivity index (χ3n) is 8.24. The molecule has 2 aromatic heterocycles. The molecule has 0 saturated carbocycles. The number of fused-ring (bicyclic) bond motifs is 3. The number of nitrogens with zero attached hydrogens (tertiary/aromatic N) is 4. The quantitative estimate of drug-likeness (QED) is 0.185. The van der Waals surface area contributed by atoms with Gasteiger partial charge in [0.2, 0.25) is 10.9 Å². The van der Waals surface area contributed by atoms with E-state index in [0.717, 1.165) is 61.4 Å². The highest BCUT2D eigenvalue weighted by Crippen LogP contribution is 2.50. The fourth-order valence-corrected chi connectivity index (χ4v) is 7.76. The van der Waals surface area contributed by atoms with Crippen LogP contribution in [0.1, 0.15) is 11.1 Å². The van der Waals surface area contributed by atoms with E-state index >= 15 is 0 Å². The second-order valence-corrected chi connectivity index (χ2v) is 12.8. The van der Waals surface area contributed by atoms with Crippen LogP contribution in [0.15, 0.2) is 112 Å². The SMILES string of the molecule is Cc1ccc(N(c2ccc(C)cc2)c2sc(-c3ccc(N=c4c(=O)c5cc(F)c(F)cc5c4=O)c4nsnc34)c3ccccc23)cc1. The van der Waals surface area contributed by atoms with Gasteiger partial charge in [0, 0.05) is 43.4 Å². The third-order valence-corrected chi connectivity index (χ3v) is 10.0. The normalized spacial score (nSPS) is 11.6. The molecule has 0 N–H and O–H groups in total. The van der Waals surface area contributed by atoms with Gasteiger partial charge >= 0.3 is 0 Å². The Bertz CT molecular complexity index is 2570. The monoisotopic (exact) mass is 656 g/mol. The highest BCUT2D eigenvalue weighted by Gasteiger charge is 2.23. The summed E-state index contributed by atoms with van der Waals surface area (Å²) in [4.78, 5) is 33.7. The van der Waals surface area contributed by atoms with Crippen molar-refractivity contribution in [1.29, 1.82) is 0 Å². The molecule has 0 unspecified atom stereocenters. The van der Waals surface area contributed by atoms with Crippen LogP contribution in [0.5, 0.6) is 0 Å². The summed E-state index contributed by atoms with van der Waals surface area (Å²) in [5, 5.41) is 2.30. The van der Waals surface area contributed by atoms with Gasteiger partial charge in [-0.1, -0.05) is 59.7 Å². The van der Waals surface area contributed by atoms with Crippen molar-refractivity contribution in [3.8, 4) is 10.4 Å². The maximum absolute atomic E-state index is 13.9. The van der Waals surface area contributed by atoms with E-state index in [1.807, 2.05) is 18.2 Å². The molecule has 6 aromatic carbocycles. The predicted octanol–water partition coefficient (Wildman–Crippen LogP) is 8.92. The topological polar surface area (TPSA) is 75.5 Å². The summed E-state index contributed by atoms with van der Waals surface area (Å²) in [6, 6.07) is 30.1. The Kier molecular flexibility index (Phi) is 6.85. The van der Waals surface area contributed by atoms with Gasteiger partial charge in [0.25, 0.3) is 0 Å². The molecular weight excluding hydrogens is 635 g/mol. The average Bonchev–Trinajstić information content (AvgIpc) is 3.77. The van der Waals surface area contributed by atoms with Gasteiger partial charge in [-0.2, -0.15) is 8.75 Å². The lowest BCUT2D eigenvalue weighted by molar-refractivity contribution is 0.511. The zero-order valence-electron chi connectivity index (χ0n) is 24.9. The van der Waals surface area contributed by atoms with Crippen LogP contribution in [0.25, 0.3) is 43.0 Å². The summed E-state index contributed by atoms with van der Waals surface area (Å²) in [5.74, 6) is -2.40. The van der Waals surface area contributed by atoms with Crippen LogP contribution in [-0.4, -0.2) is 8.75 Å². The Labute approximate surface area is 274 Å². The number of thiophene rings is 1. The number of halogens is 2. The maximum Gasteiger partial charge on any atom is 0.216 e. The minimum atomic E-state index is -1.20. The van der Waals surface area contributed by atoms with Crippen LogP contribution >= 0.6 is 23.1 Å². The Morgan fingerprint density at radius 2 is 1.21 bits per heavy atom. The number of rotatable bonds is 5. The van der Waals surface area contributed by atoms with Crippen LogP contribution in [0.2, 0.25) is 0 Å². The molecule has 8 aromatic rings. The molecule has 228 valence electrons. The standard InChI is InChI=1S/C37H22F2N4O2S2/c1-19-7-11-21(12-8-19)43(22-13-9-20(2)10-14-22)37-24-6-4-3-5-23(24)36(46-37)25-15-16-30(32-31(25)41-47-42-32)40-33-34(44)26-17-28(38)29(39)18-27(26)35(33)45/h3-18H,1-2H3. The fourth-order valence-electron chi connectivity index (χ4n) is 5.84. The minimum Gasteiger partial charge on any atom is -0.301 e. The number of hydrogen-bond acceptors (Lipinski definition) is 8. The van der Waals surface area contributed by atoms with E-state index in [4.69, 9.17) is 0 Å². The van der Waals surface area contributed by atoms with E-state index in [2.05, 4.69) is 93.2 Å². The van der Waals surface area contributed by atoms with Gasteiger partial charge in [-0.15, -0.1) is 11.3 Å². The summed E-state index contributed by atoms with van der Waals surface area (Å²) in [7, 11) is 0. The molecule has 0 atom stereocenters. The van der Waals surface area contributed by atoms with Crippen molar-refractivity contribution in [1.82, 2.24) is 8.75 Å². The Morgan fingerprint density at radius 3 is 1.81 bits per heavy atom. The molecule has 0 fully saturated rings. The highest BCUT2D eigenvalue weighted by molar-refractivity contribution is 7.21. The van der Waals surface area contributed by atoms with Crippen LogP contribution in [0, 0.1) is 25.5 Å². The first-order chi connectivity index (χ1) is 22.8. The lowest BCUT2D eigenvalue weighted by atomic mass is 10.1. The number of aryl methyl sites for hydroxylation is 2. The molecule has 47 heavy (non-hydrogen) atoms. The van der Waals surface area contributed by atoms with E-state index in [9.17, 15) is 18.4 Å². The summed E-state index contributed by atoms with van der Waals surface area (Å²) in [6.07, 6.45) is 0. The van der Waals surface area contributed by atoms with Gasteiger partial charge in [0.15, 0.2) is 17.0 Å². The molecule has 6 nitrogen and oxygen atoms in total. The first-order valence-corrected chi connectivity index (χ1v) is 16.2. The Hall–Kier alpha value is -5.45. The smallest absolute Gasteiger partial charge is 0.216 e. The van der Waals surface area contributed by atoms with Gasteiger partial charge in [0.05, 0.1) is 17.4 Å². The van der Waals surface area contributed by atoms with Gasteiger partial charge in [0.1, 0.15) is 16.0 Å². The second-order valence-electron chi connectivity index (χ2n) is 11.3. The minimum absolute atomic E-state index is 0.207. The van der Waals surface area contributed by atoms with E-state index < -0.39 is 27.8 Å². The summed E-state index contributed by atoms with van der Waals surface area (Å²) < 4.78 is 36.9. The second kappa shape index (κ2) is 11.1. The van der Waals surface area contributed by atoms with Crippen molar-refractivity contribution < 1.29 is 8.78 Å². The molecule has 0 bridgehead atoms.